The van der Waals surface area contributed by atoms with E-state index in [2.05, 4.69) is 13.0 Å². The van der Waals surface area contributed by atoms with E-state index in [4.69, 9.17) is 0 Å². The highest BCUT2D eigenvalue weighted by Crippen LogP contribution is 2.28. The lowest BCUT2D eigenvalue weighted by Gasteiger charge is -1.95. The number of hydrogen-bond donors (Lipinski definition) is 0. The summed E-state index contributed by atoms with van der Waals surface area (Å²) < 4.78 is 1.12. The molecule has 0 unspecified atom stereocenters. The van der Waals surface area contributed by atoms with Crippen molar-refractivity contribution in [2.24, 2.45) is 0 Å². The van der Waals surface area contributed by atoms with Crippen molar-refractivity contribution in [3.05, 3.63) is 34.7 Å². The third-order valence-corrected chi connectivity index (χ3v) is 3.15. The van der Waals surface area contributed by atoms with Gasteiger partial charge in [0, 0.05) is 15.1 Å². The summed E-state index contributed by atoms with van der Waals surface area (Å²) in [6.45, 7) is 3.68. The second-order valence-electron chi connectivity index (χ2n) is 3.14. The summed E-state index contributed by atoms with van der Waals surface area (Å²) in [4.78, 5) is 12.5. The van der Waals surface area contributed by atoms with E-state index in [0.717, 1.165) is 10.3 Å². The molecule has 0 saturated carbocycles. The number of carbonyl (C=O) groups is 1. The van der Waals surface area contributed by atoms with Gasteiger partial charge in [0.05, 0.1) is 0 Å². The van der Waals surface area contributed by atoms with Crippen LogP contribution in [0.15, 0.2) is 24.3 Å². The number of aryl methyl sites for hydroxylation is 1. The zero-order chi connectivity index (χ0) is 9.42. The number of ketones is 1. The molecule has 1 aromatic carbocycles. The van der Waals surface area contributed by atoms with Crippen molar-refractivity contribution in [2.75, 3.05) is 0 Å². The Hall–Kier alpha value is -1.15. The van der Waals surface area contributed by atoms with Crippen molar-refractivity contribution >= 4 is 27.2 Å². The first-order valence-corrected chi connectivity index (χ1v) is 5.00. The number of carbonyl (C=O) groups excluding carboxylic acids is 1. The highest BCUT2D eigenvalue weighted by Gasteiger charge is 2.06. The van der Waals surface area contributed by atoms with Crippen molar-refractivity contribution in [2.45, 2.75) is 13.8 Å². The van der Waals surface area contributed by atoms with E-state index >= 15 is 0 Å². The van der Waals surface area contributed by atoms with Crippen LogP contribution in [0.3, 0.4) is 0 Å². The van der Waals surface area contributed by atoms with E-state index in [1.807, 2.05) is 18.2 Å². The van der Waals surface area contributed by atoms with E-state index in [0.29, 0.717) is 0 Å². The average Bonchev–Trinajstić information content (AvgIpc) is 2.43. The van der Waals surface area contributed by atoms with Gasteiger partial charge in [-0.15, -0.1) is 11.3 Å². The summed E-state index contributed by atoms with van der Waals surface area (Å²) in [6.07, 6.45) is 0. The number of thiophene rings is 1. The van der Waals surface area contributed by atoms with E-state index in [1.54, 1.807) is 18.3 Å². The number of Topliss-reactive ketones (excluding diaryl/α,β-unsaturated/α-hetero) is 1. The molecular weight excluding hydrogens is 180 g/mol. The summed E-state index contributed by atoms with van der Waals surface area (Å²) in [6, 6.07) is 7.99. The third-order valence-electron chi connectivity index (χ3n) is 2.05. The maximum Gasteiger partial charge on any atom is 0.161 e. The normalized spacial score (nSPS) is 10.6. The molecule has 66 valence electrons. The minimum Gasteiger partial charge on any atom is -0.294 e. The third kappa shape index (κ3) is 1.38. The SMILES string of the molecule is CC(=O)c1cccc2cc(C)sc12. The summed E-state index contributed by atoms with van der Waals surface area (Å²) in [5, 5.41) is 1.18. The Morgan fingerprint density at radius 3 is 2.85 bits per heavy atom. The molecule has 13 heavy (non-hydrogen) atoms. The van der Waals surface area contributed by atoms with Crippen molar-refractivity contribution in [3.63, 3.8) is 0 Å². The molecular formula is C11H10OS. The first-order valence-electron chi connectivity index (χ1n) is 4.18. The topological polar surface area (TPSA) is 17.1 Å². The fourth-order valence-electron chi connectivity index (χ4n) is 1.47. The fraction of sp³-hybridized carbons (Fsp3) is 0.182. The second-order valence-corrected chi connectivity index (χ2v) is 4.39. The standard InChI is InChI=1S/C11H10OS/c1-7-6-9-4-3-5-10(8(2)12)11(9)13-7/h3-6H,1-2H3. The van der Waals surface area contributed by atoms with E-state index in [-0.39, 0.29) is 5.78 Å². The maximum absolute atomic E-state index is 11.3. The zero-order valence-corrected chi connectivity index (χ0v) is 8.44. The van der Waals surface area contributed by atoms with Crippen molar-refractivity contribution < 1.29 is 4.79 Å². The van der Waals surface area contributed by atoms with Crippen LogP contribution in [0.4, 0.5) is 0 Å². The van der Waals surface area contributed by atoms with Crippen LogP contribution >= 0.6 is 11.3 Å². The molecule has 0 aliphatic carbocycles. The molecule has 0 bridgehead atoms. The van der Waals surface area contributed by atoms with Gasteiger partial charge in [0.25, 0.3) is 0 Å². The molecule has 0 aliphatic heterocycles. The molecule has 1 aromatic heterocycles. The zero-order valence-electron chi connectivity index (χ0n) is 7.63. The maximum atomic E-state index is 11.3. The van der Waals surface area contributed by atoms with Gasteiger partial charge < -0.3 is 0 Å². The van der Waals surface area contributed by atoms with Crippen LogP contribution in [0.1, 0.15) is 22.2 Å². The van der Waals surface area contributed by atoms with Crippen LogP contribution in [-0.4, -0.2) is 5.78 Å². The molecule has 2 heteroatoms. The van der Waals surface area contributed by atoms with E-state index in [9.17, 15) is 4.79 Å². The van der Waals surface area contributed by atoms with Gasteiger partial charge in [-0.05, 0) is 31.4 Å². The second kappa shape index (κ2) is 2.96. The van der Waals surface area contributed by atoms with Crippen LogP contribution < -0.4 is 0 Å². The number of rotatable bonds is 1. The van der Waals surface area contributed by atoms with Gasteiger partial charge >= 0.3 is 0 Å². The Morgan fingerprint density at radius 2 is 2.15 bits per heavy atom. The smallest absolute Gasteiger partial charge is 0.161 e. The lowest BCUT2D eigenvalue weighted by Crippen LogP contribution is -1.90. The molecule has 0 fully saturated rings. The Bertz CT molecular complexity index is 468. The minimum absolute atomic E-state index is 0.146. The first-order chi connectivity index (χ1) is 6.18. The van der Waals surface area contributed by atoms with E-state index in [1.165, 1.54) is 10.3 Å². The quantitative estimate of drug-likeness (QED) is 0.630. The number of benzene rings is 1. The van der Waals surface area contributed by atoms with Crippen molar-refractivity contribution in [1.82, 2.24) is 0 Å². The van der Waals surface area contributed by atoms with Gasteiger partial charge in [-0.3, -0.25) is 4.79 Å². The van der Waals surface area contributed by atoms with Crippen molar-refractivity contribution in [1.29, 1.82) is 0 Å². The first kappa shape index (κ1) is 8.45. The summed E-state index contributed by atoms with van der Waals surface area (Å²) >= 11 is 1.69. The molecule has 0 saturated heterocycles. The predicted octanol–water partition coefficient (Wildman–Crippen LogP) is 3.41. The lowest BCUT2D eigenvalue weighted by molar-refractivity contribution is 0.101. The Kier molecular flexibility index (Phi) is 1.93. The van der Waals surface area contributed by atoms with Gasteiger partial charge in [-0.25, -0.2) is 0 Å². The highest BCUT2D eigenvalue weighted by molar-refractivity contribution is 7.19. The summed E-state index contributed by atoms with van der Waals surface area (Å²) in [5.41, 5.74) is 0.843. The molecule has 2 aromatic rings. The van der Waals surface area contributed by atoms with E-state index < -0.39 is 0 Å². The molecule has 0 amide bonds. The fourth-order valence-corrected chi connectivity index (χ4v) is 2.54. The van der Waals surface area contributed by atoms with Gasteiger partial charge in [-0.1, -0.05) is 12.1 Å². The minimum atomic E-state index is 0.146. The molecule has 0 spiro atoms. The molecule has 1 nitrogen and oxygen atoms in total. The molecule has 0 radical (unpaired) electrons. The number of hydrogen-bond acceptors (Lipinski definition) is 2. The number of fused-ring (bicyclic) bond motifs is 1. The largest absolute Gasteiger partial charge is 0.294 e. The van der Waals surface area contributed by atoms with Gasteiger partial charge in [0.2, 0.25) is 0 Å². The van der Waals surface area contributed by atoms with Crippen LogP contribution in [0.2, 0.25) is 0 Å². The molecule has 0 aliphatic rings. The summed E-state index contributed by atoms with van der Waals surface area (Å²) in [7, 11) is 0. The Balaban J connectivity index is 2.82. The molecule has 0 N–H and O–H groups in total. The predicted molar refractivity (Wildman–Crippen MR) is 56.6 cm³/mol. The molecule has 1 heterocycles. The van der Waals surface area contributed by atoms with Crippen LogP contribution in [0.5, 0.6) is 0 Å². The van der Waals surface area contributed by atoms with Gasteiger partial charge in [-0.2, -0.15) is 0 Å². The average molecular weight is 190 g/mol. The Labute approximate surface area is 81.0 Å². The Morgan fingerprint density at radius 1 is 1.38 bits per heavy atom. The lowest BCUT2D eigenvalue weighted by atomic mass is 10.1. The molecule has 2 rings (SSSR count). The summed E-state index contributed by atoms with van der Waals surface area (Å²) in [5.74, 6) is 0.146. The van der Waals surface area contributed by atoms with Crippen LogP contribution in [0, 0.1) is 6.92 Å². The highest BCUT2D eigenvalue weighted by atomic mass is 32.1. The van der Waals surface area contributed by atoms with Crippen LogP contribution in [0.25, 0.3) is 10.1 Å². The van der Waals surface area contributed by atoms with Crippen molar-refractivity contribution in [3.8, 4) is 0 Å². The van der Waals surface area contributed by atoms with Gasteiger partial charge in [0.15, 0.2) is 5.78 Å². The molecule has 0 atom stereocenters. The van der Waals surface area contributed by atoms with Crippen LogP contribution in [-0.2, 0) is 0 Å². The monoisotopic (exact) mass is 190 g/mol. The van der Waals surface area contributed by atoms with Gasteiger partial charge in [0.1, 0.15) is 0 Å².